The lowest BCUT2D eigenvalue weighted by Gasteiger charge is -2.34. The summed E-state index contributed by atoms with van der Waals surface area (Å²) >= 11 is 0. The maximum atomic E-state index is 6.92. The van der Waals surface area contributed by atoms with E-state index >= 15 is 0 Å². The Kier molecular flexibility index (Phi) is 5.91. The minimum Gasteiger partial charge on any atom is -0.454 e. The van der Waals surface area contributed by atoms with Gasteiger partial charge < -0.3 is 8.98 Å². The second-order valence-electron chi connectivity index (χ2n) is 13.6. The maximum Gasteiger partial charge on any atom is 0.160 e. The number of aromatic nitrogens is 1. The van der Waals surface area contributed by atoms with Crippen LogP contribution in [0.2, 0.25) is 0 Å². The van der Waals surface area contributed by atoms with E-state index in [-0.39, 0.29) is 0 Å². The summed E-state index contributed by atoms with van der Waals surface area (Å²) in [5.74, 6) is 0. The molecular formula is C49H31NO. The fraction of sp³-hybridized carbons (Fsp3) is 0.0204. The van der Waals surface area contributed by atoms with Gasteiger partial charge in [-0.25, -0.2) is 0 Å². The Morgan fingerprint density at radius 3 is 1.80 bits per heavy atom. The first-order valence-electron chi connectivity index (χ1n) is 17.6. The van der Waals surface area contributed by atoms with Crippen LogP contribution in [-0.2, 0) is 5.41 Å². The van der Waals surface area contributed by atoms with Crippen molar-refractivity contribution in [3.63, 3.8) is 0 Å². The van der Waals surface area contributed by atoms with Crippen molar-refractivity contribution in [3.8, 4) is 27.9 Å². The third-order valence-corrected chi connectivity index (χ3v) is 11.1. The summed E-state index contributed by atoms with van der Waals surface area (Å²) in [5, 5.41) is 4.64. The van der Waals surface area contributed by atoms with Gasteiger partial charge >= 0.3 is 0 Å². The number of nitrogens with zero attached hydrogens (tertiary/aromatic N) is 1. The molecule has 0 amide bonds. The molecule has 2 heteroatoms. The van der Waals surface area contributed by atoms with Gasteiger partial charge in [0, 0.05) is 27.2 Å². The van der Waals surface area contributed by atoms with Crippen molar-refractivity contribution < 1.29 is 4.42 Å². The van der Waals surface area contributed by atoms with Crippen molar-refractivity contribution in [2.24, 2.45) is 0 Å². The van der Waals surface area contributed by atoms with Gasteiger partial charge in [-0.15, -0.1) is 0 Å². The minimum absolute atomic E-state index is 0.477. The molecular weight excluding hydrogens is 619 g/mol. The van der Waals surface area contributed by atoms with E-state index in [0.717, 1.165) is 38.7 Å². The summed E-state index contributed by atoms with van der Waals surface area (Å²) in [7, 11) is 0. The first kappa shape index (κ1) is 28.2. The lowest BCUT2D eigenvalue weighted by molar-refractivity contribution is 0.671. The van der Waals surface area contributed by atoms with E-state index < -0.39 is 5.41 Å². The molecule has 0 spiro atoms. The predicted molar refractivity (Wildman–Crippen MR) is 211 cm³/mol. The maximum absolute atomic E-state index is 6.92. The van der Waals surface area contributed by atoms with Gasteiger partial charge in [0.1, 0.15) is 5.58 Å². The monoisotopic (exact) mass is 649 g/mol. The van der Waals surface area contributed by atoms with Crippen LogP contribution in [0.15, 0.2) is 192 Å². The molecule has 1 aliphatic carbocycles. The number of rotatable bonds is 4. The summed E-state index contributed by atoms with van der Waals surface area (Å²) in [6.45, 7) is 0. The largest absolute Gasteiger partial charge is 0.454 e. The normalized spacial score (nSPS) is 13.3. The lowest BCUT2D eigenvalue weighted by Crippen LogP contribution is -2.28. The highest BCUT2D eigenvalue weighted by Crippen LogP contribution is 2.57. The van der Waals surface area contributed by atoms with E-state index in [9.17, 15) is 0 Å². The second kappa shape index (κ2) is 10.7. The third kappa shape index (κ3) is 3.82. The van der Waals surface area contributed by atoms with E-state index in [1.807, 2.05) is 0 Å². The highest BCUT2D eigenvalue weighted by atomic mass is 16.3. The van der Waals surface area contributed by atoms with Crippen LogP contribution >= 0.6 is 0 Å². The molecule has 0 unspecified atom stereocenters. The van der Waals surface area contributed by atoms with Crippen LogP contribution in [0.3, 0.4) is 0 Å². The Labute approximate surface area is 295 Å². The molecule has 0 bridgehead atoms. The van der Waals surface area contributed by atoms with Crippen molar-refractivity contribution in [2.75, 3.05) is 0 Å². The zero-order chi connectivity index (χ0) is 33.5. The summed E-state index contributed by atoms with van der Waals surface area (Å²) in [6, 6.07) is 68.4. The molecule has 51 heavy (non-hydrogen) atoms. The predicted octanol–water partition coefficient (Wildman–Crippen LogP) is 12.7. The van der Waals surface area contributed by atoms with Gasteiger partial charge in [-0.2, -0.15) is 0 Å². The van der Waals surface area contributed by atoms with E-state index in [4.69, 9.17) is 4.42 Å². The Hall–Kier alpha value is -6.64. The molecule has 0 atom stereocenters. The van der Waals surface area contributed by atoms with Crippen molar-refractivity contribution in [1.82, 2.24) is 4.57 Å². The lowest BCUT2D eigenvalue weighted by atomic mass is 9.67. The highest BCUT2D eigenvalue weighted by molar-refractivity contribution is 6.26. The smallest absolute Gasteiger partial charge is 0.160 e. The number of hydrogen-bond donors (Lipinski definition) is 0. The summed E-state index contributed by atoms with van der Waals surface area (Å²) < 4.78 is 9.29. The molecule has 0 saturated heterocycles. The zero-order valence-corrected chi connectivity index (χ0v) is 27.8. The fourth-order valence-corrected chi connectivity index (χ4v) is 9.02. The summed E-state index contributed by atoms with van der Waals surface area (Å²) in [5.41, 5.74) is 14.7. The van der Waals surface area contributed by atoms with Crippen molar-refractivity contribution in [1.29, 1.82) is 0 Å². The Balaban J connectivity index is 1.28. The standard InChI is InChI=1S/C49H31NO/c1-4-16-33(17-5-1)49(34-18-6-2-7-19-34)42-25-13-10-22-36(42)37-29-28-32(30-43(37)49)40-31-41-38-23-11-14-26-44(38)50(35-20-8-3-9-21-35)47(41)48-46(40)39-24-12-15-27-45(39)51-48/h1-31H. The topological polar surface area (TPSA) is 18.1 Å². The van der Waals surface area contributed by atoms with Gasteiger partial charge in [0.25, 0.3) is 0 Å². The number of benzene rings is 8. The third-order valence-electron chi connectivity index (χ3n) is 11.1. The summed E-state index contributed by atoms with van der Waals surface area (Å²) in [4.78, 5) is 0. The summed E-state index contributed by atoms with van der Waals surface area (Å²) in [6.07, 6.45) is 0. The molecule has 0 radical (unpaired) electrons. The van der Waals surface area contributed by atoms with Gasteiger partial charge in [0.15, 0.2) is 5.58 Å². The molecule has 8 aromatic carbocycles. The SMILES string of the molecule is c1ccc(-n2c3ccccc3c3cc(-c4ccc5c(c4)C(c4ccccc4)(c4ccccc4)c4ccccc4-5)c4c5ccccc5oc4c32)cc1. The Bertz CT molecular complexity index is 2910. The first-order chi connectivity index (χ1) is 25.3. The molecule has 2 nitrogen and oxygen atoms in total. The molecule has 1 aliphatic rings. The number of para-hydroxylation sites is 3. The average Bonchev–Trinajstić information content (AvgIpc) is 3.85. The van der Waals surface area contributed by atoms with Crippen LogP contribution in [0.25, 0.3) is 71.7 Å². The fourth-order valence-electron chi connectivity index (χ4n) is 9.02. The molecule has 2 aromatic heterocycles. The molecule has 11 rings (SSSR count). The number of furan rings is 1. The van der Waals surface area contributed by atoms with Gasteiger partial charge in [0.2, 0.25) is 0 Å². The van der Waals surface area contributed by atoms with E-state index in [2.05, 4.69) is 193 Å². The van der Waals surface area contributed by atoms with Crippen LogP contribution in [0.1, 0.15) is 22.3 Å². The van der Waals surface area contributed by atoms with E-state index in [1.165, 1.54) is 55.3 Å². The Morgan fingerprint density at radius 1 is 0.431 bits per heavy atom. The molecule has 0 saturated carbocycles. The van der Waals surface area contributed by atoms with Crippen molar-refractivity contribution in [2.45, 2.75) is 5.41 Å². The van der Waals surface area contributed by atoms with Crippen LogP contribution in [0, 0.1) is 0 Å². The molecule has 0 N–H and O–H groups in total. The number of hydrogen-bond acceptors (Lipinski definition) is 1. The van der Waals surface area contributed by atoms with Crippen LogP contribution in [-0.4, -0.2) is 4.57 Å². The molecule has 0 fully saturated rings. The average molecular weight is 650 g/mol. The molecule has 0 aliphatic heterocycles. The van der Waals surface area contributed by atoms with E-state index in [0.29, 0.717) is 0 Å². The number of fused-ring (bicyclic) bond motifs is 10. The van der Waals surface area contributed by atoms with E-state index in [1.54, 1.807) is 0 Å². The highest BCUT2D eigenvalue weighted by Gasteiger charge is 2.46. The molecule has 10 aromatic rings. The van der Waals surface area contributed by atoms with Crippen LogP contribution < -0.4 is 0 Å². The molecule has 2 heterocycles. The van der Waals surface area contributed by atoms with Gasteiger partial charge in [0.05, 0.1) is 16.4 Å². The van der Waals surface area contributed by atoms with Crippen molar-refractivity contribution >= 4 is 43.7 Å². The van der Waals surface area contributed by atoms with Crippen LogP contribution in [0.5, 0.6) is 0 Å². The van der Waals surface area contributed by atoms with Gasteiger partial charge in [-0.1, -0.05) is 152 Å². The van der Waals surface area contributed by atoms with Crippen molar-refractivity contribution in [3.05, 3.63) is 210 Å². The second-order valence-corrected chi connectivity index (χ2v) is 13.6. The zero-order valence-electron chi connectivity index (χ0n) is 27.8. The Morgan fingerprint density at radius 2 is 1.04 bits per heavy atom. The van der Waals surface area contributed by atoms with Gasteiger partial charge in [-0.3, -0.25) is 0 Å². The van der Waals surface area contributed by atoms with Crippen LogP contribution in [0.4, 0.5) is 0 Å². The minimum atomic E-state index is -0.477. The molecule has 238 valence electrons. The first-order valence-corrected chi connectivity index (χ1v) is 17.6. The quantitative estimate of drug-likeness (QED) is 0.186. The van der Waals surface area contributed by atoms with Gasteiger partial charge in [-0.05, 0) is 80.9 Å².